The van der Waals surface area contributed by atoms with Crippen LogP contribution in [0.15, 0.2) is 97.1 Å². The lowest BCUT2D eigenvalue weighted by Gasteiger charge is -2.08. The third-order valence-corrected chi connectivity index (χ3v) is 5.09. The highest BCUT2D eigenvalue weighted by atomic mass is 35.5. The van der Waals surface area contributed by atoms with Gasteiger partial charge in [0.2, 0.25) is 0 Å². The molecule has 1 heterocycles. The summed E-state index contributed by atoms with van der Waals surface area (Å²) < 4.78 is 2.29. The zero-order valence-corrected chi connectivity index (χ0v) is 14.8. The quantitative estimate of drug-likeness (QED) is 0.319. The molecule has 0 spiro atoms. The molecule has 0 atom stereocenters. The standard InChI is InChI=1S/C24H16ClN/c25-18-14-15-21-23(16-18)26(19-10-5-2-6-11-19)22-13-7-12-20(24(21)22)17-8-3-1-4-9-17/h1-16H. The first kappa shape index (κ1) is 15.2. The van der Waals surface area contributed by atoms with Gasteiger partial charge < -0.3 is 4.57 Å². The third kappa shape index (κ3) is 2.33. The van der Waals surface area contributed by atoms with Crippen LogP contribution in [0, 0.1) is 0 Å². The van der Waals surface area contributed by atoms with Crippen LogP contribution in [0.1, 0.15) is 0 Å². The van der Waals surface area contributed by atoms with E-state index in [9.17, 15) is 0 Å². The van der Waals surface area contributed by atoms with Gasteiger partial charge in [-0.1, -0.05) is 78.3 Å². The van der Waals surface area contributed by atoms with Gasteiger partial charge in [0.25, 0.3) is 0 Å². The van der Waals surface area contributed by atoms with E-state index in [2.05, 4.69) is 89.5 Å². The number of para-hydroxylation sites is 1. The summed E-state index contributed by atoms with van der Waals surface area (Å²) in [4.78, 5) is 0. The fraction of sp³-hybridized carbons (Fsp3) is 0. The molecule has 0 aliphatic heterocycles. The molecule has 0 saturated heterocycles. The summed E-state index contributed by atoms with van der Waals surface area (Å²) >= 11 is 6.35. The second-order valence-corrected chi connectivity index (χ2v) is 6.83. The van der Waals surface area contributed by atoms with E-state index in [1.807, 2.05) is 12.1 Å². The topological polar surface area (TPSA) is 4.93 Å². The highest BCUT2D eigenvalue weighted by molar-refractivity contribution is 6.32. The minimum absolute atomic E-state index is 0.749. The Kier molecular flexibility index (Phi) is 3.55. The predicted octanol–water partition coefficient (Wildman–Crippen LogP) is 7.10. The summed E-state index contributed by atoms with van der Waals surface area (Å²) in [6.45, 7) is 0. The molecule has 0 unspecified atom stereocenters. The normalized spacial score (nSPS) is 11.3. The first-order valence-corrected chi connectivity index (χ1v) is 9.04. The van der Waals surface area contributed by atoms with E-state index >= 15 is 0 Å². The molecule has 0 aliphatic rings. The molecule has 5 aromatic rings. The van der Waals surface area contributed by atoms with Crippen LogP contribution in [0.3, 0.4) is 0 Å². The summed E-state index contributed by atoms with van der Waals surface area (Å²) in [5.41, 5.74) is 5.92. The van der Waals surface area contributed by atoms with Gasteiger partial charge in [0.1, 0.15) is 0 Å². The largest absolute Gasteiger partial charge is 0.309 e. The molecule has 1 aromatic heterocycles. The lowest BCUT2D eigenvalue weighted by molar-refractivity contribution is 1.18. The van der Waals surface area contributed by atoms with Crippen LogP contribution in [-0.2, 0) is 0 Å². The van der Waals surface area contributed by atoms with Gasteiger partial charge in [0, 0.05) is 21.5 Å². The van der Waals surface area contributed by atoms with Crippen LogP contribution in [-0.4, -0.2) is 4.57 Å². The molecule has 0 fully saturated rings. The van der Waals surface area contributed by atoms with Gasteiger partial charge in [-0.25, -0.2) is 0 Å². The maximum absolute atomic E-state index is 6.35. The van der Waals surface area contributed by atoms with Crippen molar-refractivity contribution in [3.05, 3.63) is 102 Å². The lowest BCUT2D eigenvalue weighted by Crippen LogP contribution is -1.93. The fourth-order valence-corrected chi connectivity index (χ4v) is 3.92. The van der Waals surface area contributed by atoms with E-state index in [-0.39, 0.29) is 0 Å². The Balaban J connectivity index is 1.97. The molecule has 0 radical (unpaired) electrons. The van der Waals surface area contributed by atoms with Crippen LogP contribution < -0.4 is 0 Å². The van der Waals surface area contributed by atoms with Gasteiger partial charge >= 0.3 is 0 Å². The molecule has 0 bridgehead atoms. The van der Waals surface area contributed by atoms with Crippen molar-refractivity contribution in [2.75, 3.05) is 0 Å². The maximum atomic E-state index is 6.35. The molecule has 0 amide bonds. The van der Waals surface area contributed by atoms with Crippen LogP contribution in [0.25, 0.3) is 38.6 Å². The summed E-state index contributed by atoms with van der Waals surface area (Å²) in [7, 11) is 0. The number of halogens is 1. The van der Waals surface area contributed by atoms with Gasteiger partial charge in [0.15, 0.2) is 0 Å². The molecule has 5 rings (SSSR count). The Bertz CT molecular complexity index is 1220. The number of benzene rings is 4. The van der Waals surface area contributed by atoms with Gasteiger partial charge in [-0.3, -0.25) is 0 Å². The summed E-state index contributed by atoms with van der Waals surface area (Å²) in [6.07, 6.45) is 0. The number of nitrogens with zero attached hydrogens (tertiary/aromatic N) is 1. The molecule has 0 saturated carbocycles. The Morgan fingerprint density at radius 3 is 2.12 bits per heavy atom. The van der Waals surface area contributed by atoms with Crippen LogP contribution in [0.4, 0.5) is 0 Å². The highest BCUT2D eigenvalue weighted by Crippen LogP contribution is 2.39. The smallest absolute Gasteiger partial charge is 0.0556 e. The van der Waals surface area contributed by atoms with Crippen molar-refractivity contribution >= 4 is 33.4 Å². The number of rotatable bonds is 2. The van der Waals surface area contributed by atoms with Crippen molar-refractivity contribution < 1.29 is 0 Å². The highest BCUT2D eigenvalue weighted by Gasteiger charge is 2.16. The van der Waals surface area contributed by atoms with Crippen molar-refractivity contribution in [3.63, 3.8) is 0 Å². The van der Waals surface area contributed by atoms with Crippen molar-refractivity contribution in [2.45, 2.75) is 0 Å². The second-order valence-electron chi connectivity index (χ2n) is 6.40. The molecule has 124 valence electrons. The summed E-state index contributed by atoms with van der Waals surface area (Å²) in [6, 6.07) is 33.7. The summed E-state index contributed by atoms with van der Waals surface area (Å²) in [5.74, 6) is 0. The van der Waals surface area contributed by atoms with Crippen molar-refractivity contribution in [2.24, 2.45) is 0 Å². The monoisotopic (exact) mass is 353 g/mol. The fourth-order valence-electron chi connectivity index (χ4n) is 3.75. The Morgan fingerprint density at radius 2 is 1.35 bits per heavy atom. The van der Waals surface area contributed by atoms with E-state index in [1.54, 1.807) is 0 Å². The zero-order chi connectivity index (χ0) is 17.5. The Labute approximate surface area is 157 Å². The van der Waals surface area contributed by atoms with Crippen molar-refractivity contribution in [3.8, 4) is 16.8 Å². The van der Waals surface area contributed by atoms with Crippen LogP contribution in [0.2, 0.25) is 5.02 Å². The maximum Gasteiger partial charge on any atom is 0.0556 e. The van der Waals surface area contributed by atoms with Gasteiger partial charge in [-0.2, -0.15) is 0 Å². The molecule has 0 aliphatic carbocycles. The van der Waals surface area contributed by atoms with Gasteiger partial charge in [-0.05, 0) is 41.5 Å². The van der Waals surface area contributed by atoms with Crippen molar-refractivity contribution in [1.29, 1.82) is 0 Å². The minimum Gasteiger partial charge on any atom is -0.309 e. The number of fused-ring (bicyclic) bond motifs is 3. The Morgan fingerprint density at radius 1 is 0.615 bits per heavy atom. The summed E-state index contributed by atoms with van der Waals surface area (Å²) in [5, 5.41) is 3.22. The van der Waals surface area contributed by atoms with Crippen molar-refractivity contribution in [1.82, 2.24) is 4.57 Å². The SMILES string of the molecule is Clc1ccc2c3c(-c4ccccc4)cccc3n(-c3ccccc3)c2c1. The first-order valence-electron chi connectivity index (χ1n) is 8.66. The molecule has 4 aromatic carbocycles. The van der Waals surface area contributed by atoms with Crippen LogP contribution >= 0.6 is 11.6 Å². The Hall–Kier alpha value is -3.03. The van der Waals surface area contributed by atoms with Gasteiger partial charge in [0.05, 0.1) is 11.0 Å². The predicted molar refractivity (Wildman–Crippen MR) is 111 cm³/mol. The average Bonchev–Trinajstić information content (AvgIpc) is 3.02. The molecular formula is C24H16ClN. The minimum atomic E-state index is 0.749. The van der Waals surface area contributed by atoms with Gasteiger partial charge in [-0.15, -0.1) is 0 Å². The molecular weight excluding hydrogens is 338 g/mol. The second kappa shape index (κ2) is 6.05. The van der Waals surface area contributed by atoms with E-state index in [0.717, 1.165) is 16.2 Å². The van der Waals surface area contributed by atoms with Crippen LogP contribution in [0.5, 0.6) is 0 Å². The number of aromatic nitrogens is 1. The van der Waals surface area contributed by atoms with E-state index < -0.39 is 0 Å². The average molecular weight is 354 g/mol. The lowest BCUT2D eigenvalue weighted by atomic mass is 9.99. The number of hydrogen-bond acceptors (Lipinski definition) is 0. The first-order chi connectivity index (χ1) is 12.8. The number of hydrogen-bond donors (Lipinski definition) is 0. The van der Waals surface area contributed by atoms with E-state index in [4.69, 9.17) is 11.6 Å². The van der Waals surface area contributed by atoms with E-state index in [1.165, 1.54) is 27.4 Å². The molecule has 0 N–H and O–H groups in total. The third-order valence-electron chi connectivity index (χ3n) is 4.85. The van der Waals surface area contributed by atoms with E-state index in [0.29, 0.717) is 0 Å². The molecule has 2 heteroatoms. The zero-order valence-electron chi connectivity index (χ0n) is 14.1. The molecule has 26 heavy (non-hydrogen) atoms. The molecule has 1 nitrogen and oxygen atoms in total.